The molecule has 2 aromatic carbocycles. The molecule has 0 saturated heterocycles. The van der Waals surface area contributed by atoms with E-state index < -0.39 is 0 Å². The number of halogens is 1. The molecule has 1 heterocycles. The number of rotatable bonds is 8. The summed E-state index contributed by atoms with van der Waals surface area (Å²) in [5.41, 5.74) is 5.14. The van der Waals surface area contributed by atoms with Crippen molar-refractivity contribution in [1.82, 2.24) is 25.4 Å². The first-order valence-electron chi connectivity index (χ1n) is 10.5. The van der Waals surface area contributed by atoms with Crippen molar-refractivity contribution in [2.75, 3.05) is 13.7 Å². The molecule has 8 heteroatoms. The zero-order valence-electron chi connectivity index (χ0n) is 19.5. The fraction of sp³-hybridized carbons (Fsp3) is 0.375. The molecule has 0 bridgehead atoms. The van der Waals surface area contributed by atoms with Crippen LogP contribution < -0.4 is 15.4 Å². The van der Waals surface area contributed by atoms with E-state index in [0.29, 0.717) is 13.1 Å². The Morgan fingerprint density at radius 2 is 1.69 bits per heavy atom. The monoisotopic (exact) mass is 548 g/mol. The maximum Gasteiger partial charge on any atom is 0.191 e. The number of ether oxygens (including phenoxy) is 1. The van der Waals surface area contributed by atoms with Crippen molar-refractivity contribution < 1.29 is 4.74 Å². The number of nitrogens with one attached hydrogen (secondary N) is 2. The number of hydrogen-bond acceptors (Lipinski definition) is 4. The van der Waals surface area contributed by atoms with Gasteiger partial charge in [-0.15, -0.1) is 34.2 Å². The number of benzene rings is 2. The van der Waals surface area contributed by atoms with Gasteiger partial charge >= 0.3 is 0 Å². The van der Waals surface area contributed by atoms with Crippen molar-refractivity contribution >= 4 is 29.9 Å². The predicted molar refractivity (Wildman–Crippen MR) is 140 cm³/mol. The van der Waals surface area contributed by atoms with E-state index in [2.05, 4.69) is 52.9 Å². The lowest BCUT2D eigenvalue weighted by Crippen LogP contribution is -2.38. The van der Waals surface area contributed by atoms with Gasteiger partial charge in [0.05, 0.1) is 20.2 Å². The number of aliphatic imine (C=N–C) groups is 1. The zero-order chi connectivity index (χ0) is 22.2. The second kappa shape index (κ2) is 12.4. The third kappa shape index (κ3) is 6.94. The molecule has 32 heavy (non-hydrogen) atoms. The van der Waals surface area contributed by atoms with Crippen molar-refractivity contribution in [3.63, 3.8) is 0 Å². The lowest BCUT2D eigenvalue weighted by atomic mass is 10.0. The predicted octanol–water partition coefficient (Wildman–Crippen LogP) is 3.85. The highest BCUT2D eigenvalue weighted by Crippen LogP contribution is 2.14. The smallest absolute Gasteiger partial charge is 0.191 e. The third-order valence-corrected chi connectivity index (χ3v) is 5.49. The van der Waals surface area contributed by atoms with Crippen LogP contribution >= 0.6 is 24.0 Å². The Morgan fingerprint density at radius 1 is 1.00 bits per heavy atom. The first-order valence-corrected chi connectivity index (χ1v) is 10.5. The molecule has 1 aromatic heterocycles. The molecular formula is C24H33IN6O. The molecule has 0 amide bonds. The molecule has 0 spiro atoms. The van der Waals surface area contributed by atoms with Gasteiger partial charge in [-0.1, -0.05) is 30.3 Å². The van der Waals surface area contributed by atoms with Crippen molar-refractivity contribution in [2.45, 2.75) is 40.3 Å². The fourth-order valence-electron chi connectivity index (χ4n) is 3.39. The van der Waals surface area contributed by atoms with Crippen molar-refractivity contribution in [1.29, 1.82) is 0 Å². The maximum atomic E-state index is 5.23. The highest BCUT2D eigenvalue weighted by atomic mass is 127. The summed E-state index contributed by atoms with van der Waals surface area (Å²) in [7, 11) is 3.64. The van der Waals surface area contributed by atoms with E-state index in [1.807, 2.05) is 42.8 Å². The van der Waals surface area contributed by atoms with Gasteiger partial charge in [0, 0.05) is 13.6 Å². The van der Waals surface area contributed by atoms with Crippen LogP contribution in [0, 0.1) is 20.8 Å². The van der Waals surface area contributed by atoms with E-state index in [1.165, 1.54) is 16.7 Å². The molecule has 0 aliphatic heterocycles. The van der Waals surface area contributed by atoms with Gasteiger partial charge in [-0.2, -0.15) is 0 Å². The SMILES string of the molecule is COc1ccc(CN=C(NCCc2c(C)cccc2C)NCc2nnc(C)n2C)cc1.I. The number of nitrogens with zero attached hydrogens (tertiary/aromatic N) is 4. The van der Waals surface area contributed by atoms with Gasteiger partial charge in [-0.05, 0) is 61.6 Å². The Bertz CT molecular complexity index is 1010. The molecule has 0 fully saturated rings. The van der Waals surface area contributed by atoms with Crippen molar-refractivity contribution in [3.8, 4) is 5.75 Å². The lowest BCUT2D eigenvalue weighted by Gasteiger charge is -2.14. The highest BCUT2D eigenvalue weighted by molar-refractivity contribution is 14.0. The van der Waals surface area contributed by atoms with Gasteiger partial charge in [0.15, 0.2) is 11.8 Å². The molecule has 0 radical (unpaired) electrons. The van der Waals surface area contributed by atoms with Crippen LogP contribution in [0.1, 0.15) is 33.9 Å². The van der Waals surface area contributed by atoms with Gasteiger partial charge in [-0.25, -0.2) is 4.99 Å². The number of aryl methyl sites for hydroxylation is 3. The van der Waals surface area contributed by atoms with Gasteiger partial charge < -0.3 is 19.9 Å². The van der Waals surface area contributed by atoms with Gasteiger partial charge in [0.2, 0.25) is 0 Å². The van der Waals surface area contributed by atoms with E-state index in [4.69, 9.17) is 9.73 Å². The van der Waals surface area contributed by atoms with Crippen LogP contribution in [0.5, 0.6) is 5.75 Å². The van der Waals surface area contributed by atoms with E-state index in [-0.39, 0.29) is 24.0 Å². The Labute approximate surface area is 207 Å². The zero-order valence-corrected chi connectivity index (χ0v) is 21.8. The van der Waals surface area contributed by atoms with Gasteiger partial charge in [0.1, 0.15) is 11.6 Å². The Balaban J connectivity index is 0.00000363. The summed E-state index contributed by atoms with van der Waals surface area (Å²) >= 11 is 0. The quantitative estimate of drug-likeness (QED) is 0.254. The Kier molecular flexibility index (Phi) is 9.96. The molecule has 0 aliphatic rings. The van der Waals surface area contributed by atoms with Crippen LogP contribution in [0.3, 0.4) is 0 Å². The highest BCUT2D eigenvalue weighted by Gasteiger charge is 2.07. The average molecular weight is 548 g/mol. The van der Waals surface area contributed by atoms with Crippen LogP contribution in [-0.2, 0) is 26.6 Å². The summed E-state index contributed by atoms with van der Waals surface area (Å²) in [4.78, 5) is 4.77. The lowest BCUT2D eigenvalue weighted by molar-refractivity contribution is 0.414. The Morgan fingerprint density at radius 3 is 2.28 bits per heavy atom. The Hall–Kier alpha value is -2.62. The minimum absolute atomic E-state index is 0. The summed E-state index contributed by atoms with van der Waals surface area (Å²) in [5, 5.41) is 15.2. The summed E-state index contributed by atoms with van der Waals surface area (Å²) in [6.45, 7) is 8.18. The molecule has 7 nitrogen and oxygen atoms in total. The van der Waals surface area contributed by atoms with Crippen LogP contribution in [-0.4, -0.2) is 34.4 Å². The molecule has 2 N–H and O–H groups in total. The third-order valence-electron chi connectivity index (χ3n) is 5.49. The molecule has 0 atom stereocenters. The van der Waals surface area contributed by atoms with E-state index in [9.17, 15) is 0 Å². The topological polar surface area (TPSA) is 76.4 Å². The van der Waals surface area contributed by atoms with E-state index in [1.54, 1.807) is 7.11 Å². The van der Waals surface area contributed by atoms with Gasteiger partial charge in [0.25, 0.3) is 0 Å². The minimum Gasteiger partial charge on any atom is -0.497 e. The first kappa shape index (κ1) is 25.6. The number of aromatic nitrogens is 3. The molecule has 172 valence electrons. The fourth-order valence-corrected chi connectivity index (χ4v) is 3.39. The van der Waals surface area contributed by atoms with Crippen molar-refractivity contribution in [3.05, 3.63) is 76.4 Å². The summed E-state index contributed by atoms with van der Waals surface area (Å²) in [5.74, 6) is 3.35. The maximum absolute atomic E-state index is 5.23. The molecule has 3 rings (SSSR count). The minimum atomic E-state index is 0. The summed E-state index contributed by atoms with van der Waals surface area (Å²) in [6.07, 6.45) is 0.935. The molecule has 0 unspecified atom stereocenters. The number of hydrogen-bond donors (Lipinski definition) is 2. The normalized spacial score (nSPS) is 11.1. The van der Waals surface area contributed by atoms with Crippen LogP contribution in [0.4, 0.5) is 0 Å². The van der Waals surface area contributed by atoms with E-state index >= 15 is 0 Å². The largest absolute Gasteiger partial charge is 0.497 e. The number of guanidine groups is 1. The summed E-state index contributed by atoms with van der Waals surface area (Å²) < 4.78 is 7.21. The number of methoxy groups -OCH3 is 1. The second-order valence-corrected chi connectivity index (χ2v) is 7.64. The standard InChI is InChI=1S/C24H32N6O.HI/c1-17-7-6-8-18(2)22(17)13-14-25-24(27-16-23-29-28-19(3)30(23)4)26-15-20-9-11-21(31-5)12-10-20;/h6-12H,13-16H2,1-5H3,(H2,25,26,27);1H. The van der Waals surface area contributed by atoms with E-state index in [0.717, 1.165) is 41.9 Å². The van der Waals surface area contributed by atoms with Crippen molar-refractivity contribution in [2.24, 2.45) is 12.0 Å². The van der Waals surface area contributed by atoms with Gasteiger partial charge in [-0.3, -0.25) is 0 Å². The first-order chi connectivity index (χ1) is 15.0. The molecular weight excluding hydrogens is 515 g/mol. The molecule has 0 saturated carbocycles. The second-order valence-electron chi connectivity index (χ2n) is 7.64. The molecule has 3 aromatic rings. The van der Waals surface area contributed by atoms with Crippen LogP contribution in [0.2, 0.25) is 0 Å². The van der Waals surface area contributed by atoms with Crippen LogP contribution in [0.15, 0.2) is 47.5 Å². The van der Waals surface area contributed by atoms with Crippen LogP contribution in [0.25, 0.3) is 0 Å². The molecule has 0 aliphatic carbocycles. The summed E-state index contributed by atoms with van der Waals surface area (Å²) in [6, 6.07) is 14.4. The average Bonchev–Trinajstić information content (AvgIpc) is 3.09.